The minimum Gasteiger partial charge on any atom is -0.366 e. The Morgan fingerprint density at radius 1 is 1.09 bits per heavy atom. The van der Waals surface area contributed by atoms with E-state index in [0.29, 0.717) is 29.0 Å². The van der Waals surface area contributed by atoms with Crippen LogP contribution in [0.2, 0.25) is 0 Å². The van der Waals surface area contributed by atoms with Crippen molar-refractivity contribution in [2.75, 3.05) is 17.2 Å². The first-order valence-electron chi connectivity index (χ1n) is 9.72. The molecule has 2 aromatic carbocycles. The van der Waals surface area contributed by atoms with Gasteiger partial charge in [0, 0.05) is 17.6 Å². The number of hydrogen-bond acceptors (Lipinski definition) is 6. The number of nitrogens with one attached hydrogen (secondary N) is 2. The topological polar surface area (TPSA) is 122 Å². The van der Waals surface area contributed by atoms with Gasteiger partial charge in [0.05, 0.1) is 23.2 Å². The third kappa shape index (κ3) is 4.81. The number of anilines is 2. The van der Waals surface area contributed by atoms with Crippen LogP contribution in [0.15, 0.2) is 65.4 Å². The molecule has 168 valence electrons. The molecule has 4 rings (SSSR count). The quantitative estimate of drug-likeness (QED) is 0.528. The summed E-state index contributed by atoms with van der Waals surface area (Å²) in [6, 6.07) is 11.8. The second-order valence-electron chi connectivity index (χ2n) is 7.17. The molecule has 3 aromatic rings. The Bertz CT molecular complexity index is 1320. The van der Waals surface area contributed by atoms with Crippen molar-refractivity contribution in [2.24, 2.45) is 10.7 Å². The molecule has 2 heterocycles. The van der Waals surface area contributed by atoms with Gasteiger partial charge in [-0.1, -0.05) is 18.2 Å². The molecule has 0 atom stereocenters. The molecule has 0 bridgehead atoms. The zero-order chi connectivity index (χ0) is 23.6. The lowest BCUT2D eigenvalue weighted by molar-refractivity contribution is -0.110. The summed E-state index contributed by atoms with van der Waals surface area (Å²) in [6.07, 6.45) is -2.44. The SMILES string of the molecule is NC(=O)c1cccc2c(NCc3cccc(NC(=O)C4=NCC(C(F)(F)F)=C4)c3)ncnc12. The van der Waals surface area contributed by atoms with Crippen molar-refractivity contribution in [1.29, 1.82) is 0 Å². The Morgan fingerprint density at radius 2 is 1.88 bits per heavy atom. The van der Waals surface area contributed by atoms with E-state index in [1.54, 1.807) is 42.5 Å². The number of nitrogens with zero attached hydrogens (tertiary/aromatic N) is 3. The van der Waals surface area contributed by atoms with Crippen molar-refractivity contribution >= 4 is 39.9 Å². The van der Waals surface area contributed by atoms with Crippen LogP contribution in [-0.4, -0.2) is 40.2 Å². The van der Waals surface area contributed by atoms with E-state index in [-0.39, 0.29) is 11.3 Å². The van der Waals surface area contributed by atoms with Crippen molar-refractivity contribution < 1.29 is 22.8 Å². The minimum absolute atomic E-state index is 0.274. The molecule has 1 aliphatic heterocycles. The highest BCUT2D eigenvalue weighted by atomic mass is 19.4. The number of halogens is 3. The number of aromatic nitrogens is 2. The van der Waals surface area contributed by atoms with Crippen LogP contribution < -0.4 is 16.4 Å². The molecule has 0 saturated heterocycles. The normalized spacial score (nSPS) is 13.4. The first kappa shape index (κ1) is 21.9. The van der Waals surface area contributed by atoms with Crippen LogP contribution in [0.3, 0.4) is 0 Å². The van der Waals surface area contributed by atoms with Gasteiger partial charge in [-0.25, -0.2) is 9.97 Å². The fourth-order valence-corrected chi connectivity index (χ4v) is 3.30. The molecule has 2 amide bonds. The lowest BCUT2D eigenvalue weighted by Crippen LogP contribution is -2.20. The summed E-state index contributed by atoms with van der Waals surface area (Å²) in [5.41, 5.74) is 6.14. The summed E-state index contributed by atoms with van der Waals surface area (Å²) < 4.78 is 38.2. The second-order valence-corrected chi connectivity index (χ2v) is 7.17. The number of hydrogen-bond donors (Lipinski definition) is 3. The Balaban J connectivity index is 1.47. The van der Waals surface area contributed by atoms with E-state index in [1.165, 1.54) is 6.33 Å². The number of carbonyl (C=O) groups excluding carboxylic acids is 2. The molecule has 1 aromatic heterocycles. The van der Waals surface area contributed by atoms with Crippen LogP contribution in [0, 0.1) is 0 Å². The molecule has 8 nitrogen and oxygen atoms in total. The zero-order valence-corrected chi connectivity index (χ0v) is 17.0. The number of benzene rings is 2. The van der Waals surface area contributed by atoms with E-state index in [2.05, 4.69) is 25.6 Å². The Hall–Kier alpha value is -4.28. The largest absolute Gasteiger partial charge is 0.414 e. The Labute approximate surface area is 185 Å². The maximum absolute atomic E-state index is 12.7. The van der Waals surface area contributed by atoms with Crippen LogP contribution in [0.1, 0.15) is 15.9 Å². The van der Waals surface area contributed by atoms with Gasteiger partial charge in [-0.05, 0) is 35.9 Å². The highest BCUT2D eigenvalue weighted by Crippen LogP contribution is 2.28. The number of aliphatic imine (C=N–C) groups is 1. The van der Waals surface area contributed by atoms with Gasteiger partial charge in [0.25, 0.3) is 11.8 Å². The van der Waals surface area contributed by atoms with Crippen molar-refractivity contribution in [3.8, 4) is 0 Å². The number of fused-ring (bicyclic) bond motifs is 1. The third-order valence-electron chi connectivity index (χ3n) is 4.90. The van der Waals surface area contributed by atoms with Gasteiger partial charge in [-0.2, -0.15) is 13.2 Å². The fraction of sp³-hybridized carbons (Fsp3) is 0.136. The van der Waals surface area contributed by atoms with E-state index in [1.807, 2.05) is 0 Å². The van der Waals surface area contributed by atoms with Crippen molar-refractivity contribution in [2.45, 2.75) is 12.7 Å². The molecule has 11 heteroatoms. The monoisotopic (exact) mass is 454 g/mol. The van der Waals surface area contributed by atoms with Gasteiger partial charge >= 0.3 is 6.18 Å². The maximum atomic E-state index is 12.7. The lowest BCUT2D eigenvalue weighted by atomic mass is 10.1. The molecule has 33 heavy (non-hydrogen) atoms. The van der Waals surface area contributed by atoms with Gasteiger partial charge in [-0.15, -0.1) is 0 Å². The predicted molar refractivity (Wildman–Crippen MR) is 117 cm³/mol. The molecular weight excluding hydrogens is 437 g/mol. The summed E-state index contributed by atoms with van der Waals surface area (Å²) >= 11 is 0. The second kappa shape index (κ2) is 8.69. The molecule has 0 fully saturated rings. The lowest BCUT2D eigenvalue weighted by Gasteiger charge is -2.11. The first-order chi connectivity index (χ1) is 15.7. The number of nitrogens with two attached hydrogens (primary N) is 1. The number of alkyl halides is 3. The van der Waals surface area contributed by atoms with Gasteiger partial charge in [0.2, 0.25) is 0 Å². The summed E-state index contributed by atoms with van der Waals surface area (Å²) in [5.74, 6) is -0.833. The van der Waals surface area contributed by atoms with E-state index in [9.17, 15) is 22.8 Å². The molecule has 0 saturated carbocycles. The third-order valence-corrected chi connectivity index (χ3v) is 4.90. The van der Waals surface area contributed by atoms with E-state index >= 15 is 0 Å². The van der Waals surface area contributed by atoms with E-state index in [4.69, 9.17) is 5.73 Å². The van der Waals surface area contributed by atoms with E-state index < -0.39 is 30.1 Å². The van der Waals surface area contributed by atoms with Crippen molar-refractivity contribution in [3.63, 3.8) is 0 Å². The Kier molecular flexibility index (Phi) is 5.78. The van der Waals surface area contributed by atoms with Crippen molar-refractivity contribution in [1.82, 2.24) is 9.97 Å². The fourth-order valence-electron chi connectivity index (χ4n) is 3.30. The first-order valence-corrected chi connectivity index (χ1v) is 9.72. The van der Waals surface area contributed by atoms with Gasteiger partial charge in [0.1, 0.15) is 17.9 Å². The molecule has 4 N–H and O–H groups in total. The summed E-state index contributed by atoms with van der Waals surface area (Å²) in [4.78, 5) is 35.9. The smallest absolute Gasteiger partial charge is 0.366 e. The van der Waals surface area contributed by atoms with Crippen LogP contribution in [-0.2, 0) is 11.3 Å². The predicted octanol–water partition coefficient (Wildman–Crippen LogP) is 3.22. The highest BCUT2D eigenvalue weighted by Gasteiger charge is 2.36. The summed E-state index contributed by atoms with van der Waals surface area (Å²) in [5, 5.41) is 6.33. The van der Waals surface area contributed by atoms with Crippen LogP contribution >= 0.6 is 0 Å². The number of amides is 2. The van der Waals surface area contributed by atoms with Crippen LogP contribution in [0.4, 0.5) is 24.7 Å². The minimum atomic E-state index is -4.51. The molecular formula is C22H17F3N6O2. The Morgan fingerprint density at radius 3 is 2.61 bits per heavy atom. The van der Waals surface area contributed by atoms with Crippen molar-refractivity contribution in [3.05, 3.63) is 71.6 Å². The van der Waals surface area contributed by atoms with Gasteiger partial charge in [-0.3, -0.25) is 14.6 Å². The van der Waals surface area contributed by atoms with Gasteiger partial charge in [0.15, 0.2) is 0 Å². The molecule has 0 unspecified atom stereocenters. The van der Waals surface area contributed by atoms with Gasteiger partial charge < -0.3 is 16.4 Å². The average Bonchev–Trinajstić information content (AvgIpc) is 3.29. The standard InChI is InChI=1S/C22H17F3N6O2/c23-22(24,25)13-8-17(27-10-13)21(33)31-14-4-1-3-12(7-14)9-28-20-16-6-2-5-15(19(26)32)18(16)29-11-30-20/h1-8,11H,9-10H2,(H2,26,32)(H,31,33)(H,28,29,30). The molecule has 0 spiro atoms. The van der Waals surface area contributed by atoms with Crippen LogP contribution in [0.5, 0.6) is 0 Å². The number of carbonyl (C=O) groups is 2. The summed E-state index contributed by atoms with van der Waals surface area (Å²) in [7, 11) is 0. The number of primary amides is 1. The van der Waals surface area contributed by atoms with Crippen LogP contribution in [0.25, 0.3) is 10.9 Å². The highest BCUT2D eigenvalue weighted by molar-refractivity contribution is 6.47. The van der Waals surface area contributed by atoms with E-state index in [0.717, 1.165) is 11.6 Å². The average molecular weight is 454 g/mol. The molecule has 0 radical (unpaired) electrons. The number of para-hydroxylation sites is 1. The summed E-state index contributed by atoms with van der Waals surface area (Å²) in [6.45, 7) is -0.254. The number of rotatable bonds is 6. The zero-order valence-electron chi connectivity index (χ0n) is 17.0. The molecule has 1 aliphatic rings. The molecule has 0 aliphatic carbocycles. The maximum Gasteiger partial charge on any atom is 0.414 e.